The minimum atomic E-state index is -0.577. The molecule has 0 spiro atoms. The van der Waals surface area contributed by atoms with Crippen LogP contribution in [0.1, 0.15) is 25.2 Å². The summed E-state index contributed by atoms with van der Waals surface area (Å²) >= 11 is 0. The maximum absolute atomic E-state index is 12.0. The third-order valence-corrected chi connectivity index (χ3v) is 3.57. The van der Waals surface area contributed by atoms with E-state index in [0.29, 0.717) is 29.4 Å². The monoisotopic (exact) mass is 385 g/mol. The van der Waals surface area contributed by atoms with Gasteiger partial charge >= 0.3 is 11.9 Å². The molecule has 1 aromatic carbocycles. The third-order valence-electron chi connectivity index (χ3n) is 3.57. The minimum absolute atomic E-state index is 0.112. The van der Waals surface area contributed by atoms with Crippen LogP contribution in [-0.2, 0) is 19.1 Å². The molecule has 0 amide bonds. The van der Waals surface area contributed by atoms with Crippen molar-refractivity contribution in [3.63, 3.8) is 0 Å². The molecule has 1 aromatic heterocycles. The number of cyclic esters (lactones) is 1. The second-order valence-corrected chi connectivity index (χ2v) is 5.55. The normalized spacial score (nSPS) is 14.6. The molecule has 0 N–H and O–H groups in total. The standard InChI is InChI=1S/C20H19NO7/c1-3-24-17-11-13(7-8-15(17)27-12-18(22)25-4-2)10-14-20(23)28-19(21-14)16-6-5-9-26-16/h5-11H,3-4,12H2,1-2H3. The summed E-state index contributed by atoms with van der Waals surface area (Å²) < 4.78 is 26.2. The van der Waals surface area contributed by atoms with Crippen LogP contribution in [0.3, 0.4) is 0 Å². The van der Waals surface area contributed by atoms with Gasteiger partial charge in [-0.3, -0.25) is 0 Å². The SMILES string of the molecule is CCOC(=O)COc1ccc(C=C2N=C(c3ccco3)OC2=O)cc1OCC. The van der Waals surface area contributed by atoms with Gasteiger partial charge in [0.1, 0.15) is 0 Å². The lowest BCUT2D eigenvalue weighted by Gasteiger charge is -2.12. The average molecular weight is 385 g/mol. The molecule has 0 fully saturated rings. The topological polar surface area (TPSA) is 96.6 Å². The van der Waals surface area contributed by atoms with E-state index in [9.17, 15) is 9.59 Å². The molecule has 0 bridgehead atoms. The maximum Gasteiger partial charge on any atom is 0.363 e. The average Bonchev–Trinajstić information content (AvgIpc) is 3.32. The molecule has 2 aromatic rings. The van der Waals surface area contributed by atoms with Crippen LogP contribution in [0.4, 0.5) is 0 Å². The van der Waals surface area contributed by atoms with Crippen LogP contribution in [0.5, 0.6) is 11.5 Å². The molecule has 1 aliphatic heterocycles. The molecule has 0 aliphatic carbocycles. The Morgan fingerprint density at radius 1 is 1.14 bits per heavy atom. The molecule has 146 valence electrons. The van der Waals surface area contributed by atoms with E-state index in [-0.39, 0.29) is 24.8 Å². The van der Waals surface area contributed by atoms with Gasteiger partial charge in [-0.15, -0.1) is 0 Å². The Hall–Kier alpha value is -3.55. The van der Waals surface area contributed by atoms with E-state index in [4.69, 9.17) is 23.4 Å². The largest absolute Gasteiger partial charge is 0.490 e. The van der Waals surface area contributed by atoms with Gasteiger partial charge < -0.3 is 23.4 Å². The van der Waals surface area contributed by atoms with Crippen molar-refractivity contribution >= 4 is 23.9 Å². The van der Waals surface area contributed by atoms with Crippen molar-refractivity contribution in [1.29, 1.82) is 0 Å². The van der Waals surface area contributed by atoms with Gasteiger partial charge in [0.25, 0.3) is 5.90 Å². The van der Waals surface area contributed by atoms with Crippen molar-refractivity contribution in [3.05, 3.63) is 53.6 Å². The van der Waals surface area contributed by atoms with E-state index >= 15 is 0 Å². The summed E-state index contributed by atoms with van der Waals surface area (Å²) in [6.45, 7) is 4.01. The molecule has 3 rings (SSSR count). The van der Waals surface area contributed by atoms with Crippen LogP contribution < -0.4 is 9.47 Å². The summed E-state index contributed by atoms with van der Waals surface area (Å²) in [5.74, 6) is 0.264. The Morgan fingerprint density at radius 3 is 2.71 bits per heavy atom. The van der Waals surface area contributed by atoms with E-state index in [1.165, 1.54) is 6.26 Å². The molecular weight excluding hydrogens is 366 g/mol. The van der Waals surface area contributed by atoms with Crippen LogP contribution in [0.15, 0.2) is 51.7 Å². The number of hydrogen-bond acceptors (Lipinski definition) is 8. The summed E-state index contributed by atoms with van der Waals surface area (Å²) in [7, 11) is 0. The summed E-state index contributed by atoms with van der Waals surface area (Å²) in [5.41, 5.74) is 0.789. The second kappa shape index (κ2) is 8.90. The molecule has 8 heteroatoms. The number of ether oxygens (including phenoxy) is 4. The lowest BCUT2D eigenvalue weighted by molar-refractivity contribution is -0.145. The highest BCUT2D eigenvalue weighted by Crippen LogP contribution is 2.30. The van der Waals surface area contributed by atoms with Crippen LogP contribution in [0.2, 0.25) is 0 Å². The third kappa shape index (κ3) is 4.59. The fourth-order valence-corrected chi connectivity index (χ4v) is 2.41. The molecule has 1 aliphatic rings. The number of esters is 2. The molecule has 0 radical (unpaired) electrons. The van der Waals surface area contributed by atoms with Crippen molar-refractivity contribution in [2.45, 2.75) is 13.8 Å². The van der Waals surface area contributed by atoms with Crippen LogP contribution >= 0.6 is 0 Å². The molecule has 2 heterocycles. The molecule has 0 atom stereocenters. The minimum Gasteiger partial charge on any atom is -0.490 e. The van der Waals surface area contributed by atoms with E-state index in [0.717, 1.165) is 0 Å². The summed E-state index contributed by atoms with van der Waals surface area (Å²) in [5, 5.41) is 0. The Bertz CT molecular complexity index is 913. The molecular formula is C20H19NO7. The Morgan fingerprint density at radius 2 is 2.00 bits per heavy atom. The predicted octanol–water partition coefficient (Wildman–Crippen LogP) is 2.96. The van der Waals surface area contributed by atoms with Crippen molar-refractivity contribution in [2.75, 3.05) is 19.8 Å². The van der Waals surface area contributed by atoms with Crippen LogP contribution in [-0.4, -0.2) is 37.7 Å². The smallest absolute Gasteiger partial charge is 0.363 e. The number of carbonyl (C=O) groups excluding carboxylic acids is 2. The van der Waals surface area contributed by atoms with Gasteiger partial charge in [0.15, 0.2) is 29.6 Å². The predicted molar refractivity (Wildman–Crippen MR) is 99.1 cm³/mol. The highest BCUT2D eigenvalue weighted by atomic mass is 16.6. The van der Waals surface area contributed by atoms with E-state index < -0.39 is 11.9 Å². The van der Waals surface area contributed by atoms with Crippen molar-refractivity contribution in [1.82, 2.24) is 0 Å². The van der Waals surface area contributed by atoms with E-state index in [1.807, 2.05) is 6.92 Å². The zero-order valence-corrected chi connectivity index (χ0v) is 15.5. The number of rotatable bonds is 8. The van der Waals surface area contributed by atoms with Crippen molar-refractivity contribution < 1.29 is 33.0 Å². The molecule has 0 saturated carbocycles. The number of hydrogen-bond donors (Lipinski definition) is 0. The Balaban J connectivity index is 1.80. The highest BCUT2D eigenvalue weighted by Gasteiger charge is 2.25. The lowest BCUT2D eigenvalue weighted by atomic mass is 10.1. The first-order valence-electron chi connectivity index (χ1n) is 8.72. The Labute approximate surface area is 161 Å². The molecule has 8 nitrogen and oxygen atoms in total. The number of nitrogens with zero attached hydrogens (tertiary/aromatic N) is 1. The number of furan rings is 1. The van der Waals surface area contributed by atoms with Gasteiger partial charge in [-0.05, 0) is 49.8 Å². The van der Waals surface area contributed by atoms with Gasteiger partial charge in [0, 0.05) is 0 Å². The fraction of sp³-hybridized carbons (Fsp3) is 0.250. The van der Waals surface area contributed by atoms with Gasteiger partial charge in [0.05, 0.1) is 19.5 Å². The highest BCUT2D eigenvalue weighted by molar-refractivity contribution is 6.11. The van der Waals surface area contributed by atoms with Crippen LogP contribution in [0, 0.1) is 0 Å². The van der Waals surface area contributed by atoms with E-state index in [2.05, 4.69) is 4.99 Å². The summed E-state index contributed by atoms with van der Waals surface area (Å²) in [6.07, 6.45) is 3.03. The molecule has 0 unspecified atom stereocenters. The summed E-state index contributed by atoms with van der Waals surface area (Å²) in [4.78, 5) is 27.7. The van der Waals surface area contributed by atoms with Crippen molar-refractivity contribution in [3.8, 4) is 11.5 Å². The van der Waals surface area contributed by atoms with Gasteiger partial charge in [-0.2, -0.15) is 0 Å². The Kier molecular flexibility index (Phi) is 6.11. The summed E-state index contributed by atoms with van der Waals surface area (Å²) in [6, 6.07) is 8.37. The first-order chi connectivity index (χ1) is 13.6. The number of aliphatic imine (C=N–C) groups is 1. The quantitative estimate of drug-likeness (QED) is 0.509. The number of benzene rings is 1. The zero-order valence-electron chi connectivity index (χ0n) is 15.5. The zero-order chi connectivity index (χ0) is 19.9. The van der Waals surface area contributed by atoms with Gasteiger partial charge in [-0.25, -0.2) is 14.6 Å². The molecule has 0 saturated heterocycles. The fourth-order valence-electron chi connectivity index (χ4n) is 2.41. The second-order valence-electron chi connectivity index (χ2n) is 5.55. The van der Waals surface area contributed by atoms with Gasteiger partial charge in [-0.1, -0.05) is 6.07 Å². The van der Waals surface area contributed by atoms with Crippen molar-refractivity contribution in [2.24, 2.45) is 4.99 Å². The maximum atomic E-state index is 12.0. The first-order valence-corrected chi connectivity index (χ1v) is 8.72. The van der Waals surface area contributed by atoms with Crippen LogP contribution in [0.25, 0.3) is 6.08 Å². The van der Waals surface area contributed by atoms with E-state index in [1.54, 1.807) is 43.3 Å². The first kappa shape index (κ1) is 19.2. The number of carbonyl (C=O) groups is 2. The molecule has 28 heavy (non-hydrogen) atoms. The van der Waals surface area contributed by atoms with Gasteiger partial charge in [0.2, 0.25) is 0 Å². The lowest BCUT2D eigenvalue weighted by Crippen LogP contribution is -2.15.